The van der Waals surface area contributed by atoms with Crippen molar-refractivity contribution >= 4 is 46.0 Å². The molecule has 1 heterocycles. The second-order valence-electron chi connectivity index (χ2n) is 9.57. The van der Waals surface area contributed by atoms with Crippen molar-refractivity contribution in [2.75, 3.05) is 7.11 Å². The van der Waals surface area contributed by atoms with Gasteiger partial charge in [0.05, 0.1) is 17.6 Å². The number of Topliss-reactive ketones (excluding diaryl/α,β-unsaturated/α-hetero) is 1. The Labute approximate surface area is 208 Å². The number of carbonyl (C=O) groups is 4. The molecule has 3 amide bonds. The lowest BCUT2D eigenvalue weighted by molar-refractivity contribution is -0.130. The van der Waals surface area contributed by atoms with E-state index in [1.807, 2.05) is 0 Å². The SMILES string of the molecule is COc1cc(Cl)c2[nH]c(C(=O)N[C@@H](CC3CC3)C(=O)N[C@@H](C[C@@H]3CCCCC3=O)C(N)=O)cc2c1. The standard InChI is InChI=1S/C25H31ClN4O5/c1-35-16-9-15-11-20(28-22(15)17(26)12-16)25(34)30-19(8-13-6-7-13)24(33)29-18(23(27)32)10-14-4-2-3-5-21(14)31/h9,11-14,18-19,28H,2-8,10H2,1H3,(H2,27,32)(H,29,33)(H,30,34)/t14-,18-,19-/m0/s1. The average molecular weight is 503 g/mol. The Hall–Kier alpha value is -3.07. The number of nitrogens with two attached hydrogens (primary N) is 1. The highest BCUT2D eigenvalue weighted by Crippen LogP contribution is 2.34. The Morgan fingerprint density at radius 2 is 1.89 bits per heavy atom. The van der Waals surface area contributed by atoms with Gasteiger partial charge in [0.25, 0.3) is 5.91 Å². The number of nitrogens with one attached hydrogen (secondary N) is 3. The van der Waals surface area contributed by atoms with Gasteiger partial charge in [-0.3, -0.25) is 19.2 Å². The number of methoxy groups -OCH3 is 1. The van der Waals surface area contributed by atoms with Gasteiger partial charge >= 0.3 is 0 Å². The van der Waals surface area contributed by atoms with E-state index in [-0.39, 0.29) is 23.8 Å². The summed E-state index contributed by atoms with van der Waals surface area (Å²) >= 11 is 6.29. The van der Waals surface area contributed by atoms with E-state index in [0.717, 1.165) is 25.7 Å². The molecule has 0 bridgehead atoms. The second-order valence-corrected chi connectivity index (χ2v) is 9.98. The molecule has 2 aromatic rings. The Kier molecular flexibility index (Phi) is 7.64. The number of halogens is 1. The zero-order chi connectivity index (χ0) is 25.1. The molecule has 5 N–H and O–H groups in total. The molecular formula is C25H31ClN4O5. The Balaban J connectivity index is 1.47. The van der Waals surface area contributed by atoms with Crippen LogP contribution in [-0.4, -0.2) is 47.7 Å². The van der Waals surface area contributed by atoms with Gasteiger partial charge < -0.3 is 26.1 Å². The Morgan fingerprint density at radius 1 is 1.11 bits per heavy atom. The Bertz CT molecular complexity index is 1140. The average Bonchev–Trinajstić information content (AvgIpc) is 3.53. The summed E-state index contributed by atoms with van der Waals surface area (Å²) in [4.78, 5) is 53.5. The lowest BCUT2D eigenvalue weighted by Crippen LogP contribution is -2.54. The van der Waals surface area contributed by atoms with Crippen molar-refractivity contribution in [1.82, 2.24) is 15.6 Å². The lowest BCUT2D eigenvalue weighted by atomic mass is 9.83. The molecule has 0 saturated heterocycles. The van der Waals surface area contributed by atoms with Crippen LogP contribution in [0.4, 0.5) is 0 Å². The molecule has 3 atom stereocenters. The third kappa shape index (κ3) is 6.14. The summed E-state index contributed by atoms with van der Waals surface area (Å²) in [5, 5.41) is 6.60. The van der Waals surface area contributed by atoms with E-state index >= 15 is 0 Å². The van der Waals surface area contributed by atoms with Gasteiger partial charge in [0.15, 0.2) is 0 Å². The molecule has 0 unspecified atom stereocenters. The van der Waals surface area contributed by atoms with Gasteiger partial charge in [0.1, 0.15) is 29.3 Å². The van der Waals surface area contributed by atoms with E-state index in [1.165, 1.54) is 7.11 Å². The minimum Gasteiger partial charge on any atom is -0.497 e. The fourth-order valence-corrected chi connectivity index (χ4v) is 4.94. The summed E-state index contributed by atoms with van der Waals surface area (Å²) in [6.45, 7) is 0. The van der Waals surface area contributed by atoms with Gasteiger partial charge in [0.2, 0.25) is 11.8 Å². The number of H-pyrrole nitrogens is 1. The van der Waals surface area contributed by atoms with Gasteiger partial charge in [-0.25, -0.2) is 0 Å². The van der Waals surface area contributed by atoms with Crippen LogP contribution in [0.25, 0.3) is 10.9 Å². The predicted molar refractivity (Wildman–Crippen MR) is 131 cm³/mol. The first-order chi connectivity index (χ1) is 16.7. The molecule has 35 heavy (non-hydrogen) atoms. The molecule has 0 spiro atoms. The van der Waals surface area contributed by atoms with Gasteiger partial charge in [-0.15, -0.1) is 0 Å². The van der Waals surface area contributed by atoms with Crippen molar-refractivity contribution in [3.8, 4) is 5.75 Å². The van der Waals surface area contributed by atoms with Gasteiger partial charge in [-0.2, -0.15) is 0 Å². The molecule has 2 saturated carbocycles. The van der Waals surface area contributed by atoms with E-state index in [2.05, 4.69) is 15.6 Å². The molecule has 2 aliphatic carbocycles. The lowest BCUT2D eigenvalue weighted by Gasteiger charge is -2.26. The summed E-state index contributed by atoms with van der Waals surface area (Å²) in [5.74, 6) is -0.914. The summed E-state index contributed by atoms with van der Waals surface area (Å²) < 4.78 is 5.23. The minimum atomic E-state index is -0.965. The van der Waals surface area contributed by atoms with Crippen LogP contribution in [0.5, 0.6) is 5.75 Å². The van der Waals surface area contributed by atoms with E-state index in [0.29, 0.717) is 46.9 Å². The monoisotopic (exact) mass is 502 g/mol. The number of fused-ring (bicyclic) bond motifs is 1. The Morgan fingerprint density at radius 3 is 2.54 bits per heavy atom. The maximum absolute atomic E-state index is 13.2. The van der Waals surface area contributed by atoms with E-state index in [1.54, 1.807) is 18.2 Å². The summed E-state index contributed by atoms with van der Waals surface area (Å²) in [5.41, 5.74) is 6.40. The molecule has 1 aromatic heterocycles. The number of ether oxygens (including phenoxy) is 1. The van der Waals surface area contributed by atoms with Crippen molar-refractivity contribution in [3.63, 3.8) is 0 Å². The number of amides is 3. The number of carbonyl (C=O) groups excluding carboxylic acids is 4. The number of primary amides is 1. The van der Waals surface area contributed by atoms with Crippen LogP contribution >= 0.6 is 11.6 Å². The first-order valence-electron chi connectivity index (χ1n) is 12.0. The first-order valence-corrected chi connectivity index (χ1v) is 12.4. The van der Waals surface area contributed by atoms with Crippen LogP contribution in [0.2, 0.25) is 5.02 Å². The van der Waals surface area contributed by atoms with E-state index in [9.17, 15) is 19.2 Å². The number of benzene rings is 1. The first kappa shape index (κ1) is 25.0. The van der Waals surface area contributed by atoms with Crippen molar-refractivity contribution in [3.05, 3.63) is 28.9 Å². The summed E-state index contributed by atoms with van der Waals surface area (Å²) in [7, 11) is 1.53. The van der Waals surface area contributed by atoms with E-state index < -0.39 is 29.8 Å². The molecule has 0 radical (unpaired) electrons. The molecule has 9 nitrogen and oxygen atoms in total. The number of hydrogen-bond donors (Lipinski definition) is 4. The van der Waals surface area contributed by atoms with Crippen LogP contribution in [0.15, 0.2) is 18.2 Å². The van der Waals surface area contributed by atoms with Crippen LogP contribution in [0, 0.1) is 11.8 Å². The molecule has 0 aliphatic heterocycles. The highest BCUT2D eigenvalue weighted by Gasteiger charge is 2.34. The number of aromatic amines is 1. The molecule has 1 aromatic carbocycles. The molecule has 2 aliphatic rings. The number of rotatable bonds is 10. The van der Waals surface area contributed by atoms with Crippen LogP contribution in [-0.2, 0) is 14.4 Å². The number of ketones is 1. The van der Waals surface area contributed by atoms with Crippen molar-refractivity contribution < 1.29 is 23.9 Å². The van der Waals surface area contributed by atoms with Gasteiger partial charge in [0, 0.05) is 23.8 Å². The van der Waals surface area contributed by atoms with Gasteiger partial charge in [-0.1, -0.05) is 30.9 Å². The highest BCUT2D eigenvalue weighted by atomic mass is 35.5. The third-order valence-electron chi connectivity index (χ3n) is 6.88. The maximum Gasteiger partial charge on any atom is 0.268 e. The topological polar surface area (TPSA) is 143 Å². The number of hydrogen-bond acceptors (Lipinski definition) is 5. The summed E-state index contributed by atoms with van der Waals surface area (Å²) in [6, 6.07) is 3.24. The minimum absolute atomic E-state index is 0.105. The third-order valence-corrected chi connectivity index (χ3v) is 7.18. The highest BCUT2D eigenvalue weighted by molar-refractivity contribution is 6.35. The fraction of sp³-hybridized carbons (Fsp3) is 0.520. The van der Waals surface area contributed by atoms with Crippen molar-refractivity contribution in [2.45, 2.75) is 63.5 Å². The second kappa shape index (κ2) is 10.7. The maximum atomic E-state index is 13.2. The largest absolute Gasteiger partial charge is 0.497 e. The van der Waals surface area contributed by atoms with Gasteiger partial charge in [-0.05, 0) is 43.7 Å². The zero-order valence-corrected chi connectivity index (χ0v) is 20.5. The zero-order valence-electron chi connectivity index (χ0n) is 19.7. The van der Waals surface area contributed by atoms with E-state index in [4.69, 9.17) is 22.1 Å². The van der Waals surface area contributed by atoms with Crippen molar-refractivity contribution in [2.24, 2.45) is 17.6 Å². The normalized spacial score (nSPS) is 19.7. The summed E-state index contributed by atoms with van der Waals surface area (Å²) in [6.07, 6.45) is 5.56. The molecule has 188 valence electrons. The molecule has 4 rings (SSSR count). The quantitative estimate of drug-likeness (QED) is 0.395. The smallest absolute Gasteiger partial charge is 0.268 e. The fourth-order valence-electron chi connectivity index (χ4n) is 4.68. The van der Waals surface area contributed by atoms with Crippen LogP contribution < -0.4 is 21.1 Å². The molecule has 10 heteroatoms. The molecule has 2 fully saturated rings. The number of aromatic nitrogens is 1. The molecular weight excluding hydrogens is 472 g/mol. The van der Waals surface area contributed by atoms with Crippen LogP contribution in [0.3, 0.4) is 0 Å². The van der Waals surface area contributed by atoms with Crippen LogP contribution in [0.1, 0.15) is 61.9 Å². The van der Waals surface area contributed by atoms with Crippen molar-refractivity contribution in [1.29, 1.82) is 0 Å². The predicted octanol–water partition coefficient (Wildman–Crippen LogP) is 2.85.